The van der Waals surface area contributed by atoms with Gasteiger partial charge in [0.15, 0.2) is 0 Å². The van der Waals surface area contributed by atoms with Crippen molar-refractivity contribution in [3.8, 4) is 11.5 Å². The Hall–Kier alpha value is -2.53. The average molecular weight is 468 g/mol. The fraction of sp³-hybridized carbons (Fsp3) is 0.552. The zero-order chi connectivity index (χ0) is 25.2. The van der Waals surface area contributed by atoms with Crippen molar-refractivity contribution in [3.63, 3.8) is 0 Å². The molecule has 0 aliphatic carbocycles. The number of nitrogens with one attached hydrogen (secondary N) is 1. The van der Waals surface area contributed by atoms with E-state index in [9.17, 15) is 4.79 Å². The quantitative estimate of drug-likeness (QED) is 0.433. The number of anilines is 1. The molecule has 5 nitrogen and oxygen atoms in total. The molecule has 1 aliphatic rings. The van der Waals surface area contributed by atoms with Crippen molar-refractivity contribution in [2.24, 2.45) is 5.41 Å². The van der Waals surface area contributed by atoms with E-state index < -0.39 is 0 Å². The van der Waals surface area contributed by atoms with Gasteiger partial charge in [-0.15, -0.1) is 0 Å². The van der Waals surface area contributed by atoms with E-state index in [1.54, 1.807) is 7.11 Å². The molecule has 34 heavy (non-hydrogen) atoms. The molecule has 0 saturated carbocycles. The number of carbonyl (C=O) groups excluding carboxylic acids is 1. The van der Waals surface area contributed by atoms with Gasteiger partial charge in [0.25, 0.3) is 0 Å². The van der Waals surface area contributed by atoms with Crippen molar-refractivity contribution in [1.82, 2.24) is 0 Å². The number of carbonyl (C=O) groups is 1. The maximum Gasteiger partial charge on any atom is 0.224 e. The number of ether oxygens (including phenoxy) is 3. The maximum absolute atomic E-state index is 12.7. The first-order valence-corrected chi connectivity index (χ1v) is 12.3. The monoisotopic (exact) mass is 467 g/mol. The summed E-state index contributed by atoms with van der Waals surface area (Å²) in [4.78, 5) is 12.7. The SMILES string of the molecule is COCCOc1cc(C(C)C)ccc1C1Cc2c(C)c(NC(=O)CC(C)(C)C)c(C)c(C)c2O1. The van der Waals surface area contributed by atoms with Crippen LogP contribution < -0.4 is 14.8 Å². The summed E-state index contributed by atoms with van der Waals surface area (Å²) in [6.07, 6.45) is 1.09. The lowest BCUT2D eigenvalue weighted by Gasteiger charge is -2.21. The molecule has 0 saturated heterocycles. The van der Waals surface area contributed by atoms with Gasteiger partial charge >= 0.3 is 0 Å². The molecular weight excluding hydrogens is 426 g/mol. The largest absolute Gasteiger partial charge is 0.491 e. The molecule has 1 atom stereocenters. The molecule has 0 aromatic heterocycles. The summed E-state index contributed by atoms with van der Waals surface area (Å²) in [5, 5.41) is 3.19. The molecule has 1 amide bonds. The van der Waals surface area contributed by atoms with Crippen molar-refractivity contribution in [2.75, 3.05) is 25.6 Å². The van der Waals surface area contributed by atoms with Crippen LogP contribution in [0.2, 0.25) is 0 Å². The van der Waals surface area contributed by atoms with Gasteiger partial charge in [-0.05, 0) is 60.4 Å². The lowest BCUT2D eigenvalue weighted by Crippen LogP contribution is -2.21. The first kappa shape index (κ1) is 26.1. The fourth-order valence-corrected chi connectivity index (χ4v) is 4.52. The van der Waals surface area contributed by atoms with E-state index in [1.165, 1.54) is 5.56 Å². The van der Waals surface area contributed by atoms with Gasteiger partial charge < -0.3 is 19.5 Å². The predicted molar refractivity (Wildman–Crippen MR) is 138 cm³/mol. The Morgan fingerprint density at radius 3 is 2.44 bits per heavy atom. The number of hydrogen-bond acceptors (Lipinski definition) is 4. The molecule has 2 aromatic rings. The van der Waals surface area contributed by atoms with Crippen LogP contribution in [0.5, 0.6) is 11.5 Å². The Morgan fingerprint density at radius 2 is 1.82 bits per heavy atom. The second-order valence-corrected chi connectivity index (χ2v) is 10.9. The predicted octanol–water partition coefficient (Wildman–Crippen LogP) is 6.81. The van der Waals surface area contributed by atoms with Gasteiger partial charge in [-0.25, -0.2) is 0 Å². The average Bonchev–Trinajstić information content (AvgIpc) is 3.19. The third-order valence-electron chi connectivity index (χ3n) is 6.58. The molecule has 0 radical (unpaired) electrons. The van der Waals surface area contributed by atoms with Gasteiger partial charge in [0.1, 0.15) is 24.2 Å². The van der Waals surface area contributed by atoms with Crippen LogP contribution in [0.3, 0.4) is 0 Å². The van der Waals surface area contributed by atoms with Crippen LogP contribution in [0, 0.1) is 26.2 Å². The Balaban J connectivity index is 1.93. The van der Waals surface area contributed by atoms with Crippen LogP contribution in [0.4, 0.5) is 5.69 Å². The molecule has 3 rings (SSSR count). The summed E-state index contributed by atoms with van der Waals surface area (Å²) in [5.74, 6) is 2.25. The minimum atomic E-state index is -0.133. The molecule has 1 aliphatic heterocycles. The normalized spacial score (nSPS) is 15.3. The third-order valence-corrected chi connectivity index (χ3v) is 6.58. The summed E-state index contributed by atoms with van der Waals surface area (Å²) < 4.78 is 17.9. The number of amides is 1. The number of hydrogen-bond donors (Lipinski definition) is 1. The second kappa shape index (κ2) is 10.4. The van der Waals surface area contributed by atoms with Crippen molar-refractivity contribution < 1.29 is 19.0 Å². The molecule has 5 heteroatoms. The zero-order valence-corrected chi connectivity index (χ0v) is 22.3. The van der Waals surface area contributed by atoms with Gasteiger partial charge in [-0.1, -0.05) is 46.8 Å². The van der Waals surface area contributed by atoms with Gasteiger partial charge in [0.2, 0.25) is 5.91 Å². The number of benzene rings is 2. The molecule has 2 aromatic carbocycles. The molecule has 186 valence electrons. The lowest BCUT2D eigenvalue weighted by atomic mass is 9.90. The minimum Gasteiger partial charge on any atom is -0.491 e. The van der Waals surface area contributed by atoms with Crippen LogP contribution in [-0.4, -0.2) is 26.2 Å². The van der Waals surface area contributed by atoms with E-state index in [0.29, 0.717) is 25.6 Å². The highest BCUT2D eigenvalue weighted by Gasteiger charge is 2.32. The van der Waals surface area contributed by atoms with Gasteiger partial charge in [0, 0.05) is 36.8 Å². The first-order valence-electron chi connectivity index (χ1n) is 12.3. The van der Waals surface area contributed by atoms with E-state index in [-0.39, 0.29) is 17.4 Å². The van der Waals surface area contributed by atoms with Crippen molar-refractivity contribution in [3.05, 3.63) is 51.6 Å². The van der Waals surface area contributed by atoms with E-state index in [2.05, 4.69) is 78.9 Å². The van der Waals surface area contributed by atoms with Crippen LogP contribution >= 0.6 is 0 Å². The lowest BCUT2D eigenvalue weighted by molar-refractivity contribution is -0.117. The molecule has 0 spiro atoms. The van der Waals surface area contributed by atoms with Crippen LogP contribution in [-0.2, 0) is 16.0 Å². The highest BCUT2D eigenvalue weighted by atomic mass is 16.5. The first-order chi connectivity index (χ1) is 15.9. The highest BCUT2D eigenvalue weighted by Crippen LogP contribution is 2.47. The summed E-state index contributed by atoms with van der Waals surface area (Å²) in [7, 11) is 1.68. The Labute approximate surface area is 205 Å². The molecule has 1 unspecified atom stereocenters. The summed E-state index contributed by atoms with van der Waals surface area (Å²) in [5.41, 5.74) is 7.53. The van der Waals surface area contributed by atoms with E-state index in [4.69, 9.17) is 14.2 Å². The smallest absolute Gasteiger partial charge is 0.224 e. The summed E-state index contributed by atoms with van der Waals surface area (Å²) >= 11 is 0. The molecule has 0 bridgehead atoms. The van der Waals surface area contributed by atoms with Crippen molar-refractivity contribution in [2.45, 2.75) is 80.3 Å². The topological polar surface area (TPSA) is 56.8 Å². The molecule has 1 heterocycles. The van der Waals surface area contributed by atoms with E-state index >= 15 is 0 Å². The van der Waals surface area contributed by atoms with Crippen molar-refractivity contribution in [1.29, 1.82) is 0 Å². The van der Waals surface area contributed by atoms with Gasteiger partial charge in [-0.2, -0.15) is 0 Å². The standard InChI is InChI=1S/C29H41NO4/c1-17(2)21-10-11-22(24(14-21)33-13-12-32-9)25-15-23-20(5)27(18(3)19(4)28(23)34-25)30-26(31)16-29(6,7)8/h10-11,14,17,25H,12-13,15-16H2,1-9H3,(H,30,31). The minimum absolute atomic E-state index is 0.0478. The van der Waals surface area contributed by atoms with E-state index in [0.717, 1.165) is 51.4 Å². The number of fused-ring (bicyclic) bond motifs is 1. The molecule has 0 fully saturated rings. The third kappa shape index (κ3) is 5.75. The summed E-state index contributed by atoms with van der Waals surface area (Å²) in [6.45, 7) is 17.8. The Kier molecular flexibility index (Phi) is 7.97. The van der Waals surface area contributed by atoms with Crippen molar-refractivity contribution >= 4 is 11.6 Å². The van der Waals surface area contributed by atoms with E-state index in [1.807, 2.05) is 0 Å². The van der Waals surface area contributed by atoms with Gasteiger partial charge in [0.05, 0.1) is 6.61 Å². The van der Waals surface area contributed by atoms with Crippen LogP contribution in [0.1, 0.15) is 86.4 Å². The number of methoxy groups -OCH3 is 1. The highest BCUT2D eigenvalue weighted by molar-refractivity contribution is 5.93. The number of rotatable bonds is 8. The Morgan fingerprint density at radius 1 is 1.12 bits per heavy atom. The van der Waals surface area contributed by atoms with Crippen LogP contribution in [0.25, 0.3) is 0 Å². The summed E-state index contributed by atoms with van der Waals surface area (Å²) in [6, 6.07) is 6.43. The Bertz CT molecular complexity index is 1050. The van der Waals surface area contributed by atoms with Gasteiger partial charge in [-0.3, -0.25) is 4.79 Å². The zero-order valence-electron chi connectivity index (χ0n) is 22.3. The fourth-order valence-electron chi connectivity index (χ4n) is 4.52. The molecule has 1 N–H and O–H groups in total. The maximum atomic E-state index is 12.7. The molecular formula is C29H41NO4. The van der Waals surface area contributed by atoms with Crippen LogP contribution in [0.15, 0.2) is 18.2 Å². The second-order valence-electron chi connectivity index (χ2n) is 10.9.